The van der Waals surface area contributed by atoms with Crippen LogP contribution in [0.3, 0.4) is 0 Å². The zero-order valence-corrected chi connectivity index (χ0v) is 26.9. The molecule has 0 fully saturated rings. The molecule has 0 aliphatic carbocycles. The van der Waals surface area contributed by atoms with E-state index in [2.05, 4.69) is 5.32 Å². The standard InChI is InChI=1S/C32H37ClF3N3O4S/c1-6-23(5)37-31(41)29(7-2)38(19-24-10-8-9-22(4)17-24)30(40)20-39(44(42,43)26-14-11-21(3)12-15-26)25-13-16-28(33)27(18-25)32(34,35)36/h8-18,23,29H,6-7,19-20H2,1-5H3,(H,37,41)/t23-,29+/m1/s1. The van der Waals surface area contributed by atoms with Crippen LogP contribution in [0.25, 0.3) is 0 Å². The summed E-state index contributed by atoms with van der Waals surface area (Å²) in [5.41, 5.74) is 0.732. The Kier molecular flexibility index (Phi) is 11.5. The van der Waals surface area contributed by atoms with E-state index in [0.29, 0.717) is 22.4 Å². The average molecular weight is 652 g/mol. The lowest BCUT2D eigenvalue weighted by molar-refractivity contribution is -0.140. The summed E-state index contributed by atoms with van der Waals surface area (Å²) < 4.78 is 70.0. The number of halogens is 4. The summed E-state index contributed by atoms with van der Waals surface area (Å²) in [5, 5.41) is 2.27. The van der Waals surface area contributed by atoms with Crippen molar-refractivity contribution in [3.05, 3.63) is 94.0 Å². The molecular weight excluding hydrogens is 615 g/mol. The number of carbonyl (C=O) groups is 2. The number of alkyl halides is 3. The van der Waals surface area contributed by atoms with Crippen molar-refractivity contribution in [3.63, 3.8) is 0 Å². The fourth-order valence-electron chi connectivity index (χ4n) is 4.62. The number of nitrogens with zero attached hydrogens (tertiary/aromatic N) is 2. The second kappa shape index (κ2) is 14.5. The van der Waals surface area contributed by atoms with Gasteiger partial charge in [0.15, 0.2) is 0 Å². The summed E-state index contributed by atoms with van der Waals surface area (Å²) in [6.07, 6.45) is -4.02. The Morgan fingerprint density at radius 1 is 0.932 bits per heavy atom. The van der Waals surface area contributed by atoms with Crippen LogP contribution in [0.5, 0.6) is 0 Å². The first-order valence-electron chi connectivity index (χ1n) is 14.2. The van der Waals surface area contributed by atoms with Gasteiger partial charge in [0, 0.05) is 12.6 Å². The normalized spacial score (nSPS) is 13.2. The number of amides is 2. The third-order valence-corrected chi connectivity index (χ3v) is 9.37. The van der Waals surface area contributed by atoms with E-state index < -0.39 is 56.9 Å². The molecule has 44 heavy (non-hydrogen) atoms. The van der Waals surface area contributed by atoms with Crippen LogP contribution >= 0.6 is 11.6 Å². The number of nitrogens with one attached hydrogen (secondary N) is 1. The highest BCUT2D eigenvalue weighted by molar-refractivity contribution is 7.92. The van der Waals surface area contributed by atoms with Crippen molar-refractivity contribution < 1.29 is 31.2 Å². The highest BCUT2D eigenvalue weighted by Crippen LogP contribution is 2.38. The Morgan fingerprint density at radius 2 is 1.59 bits per heavy atom. The van der Waals surface area contributed by atoms with Gasteiger partial charge in [-0.15, -0.1) is 0 Å². The lowest BCUT2D eigenvalue weighted by Gasteiger charge is -2.34. The molecule has 3 rings (SSSR count). The molecule has 0 saturated carbocycles. The minimum absolute atomic E-state index is 0.0280. The molecule has 3 aromatic carbocycles. The first kappa shape index (κ1) is 34.9. The van der Waals surface area contributed by atoms with Crippen LogP contribution in [-0.4, -0.2) is 43.8 Å². The van der Waals surface area contributed by atoms with Crippen LogP contribution in [0.1, 0.15) is 55.9 Å². The van der Waals surface area contributed by atoms with Crippen molar-refractivity contribution in [1.29, 1.82) is 0 Å². The summed E-state index contributed by atoms with van der Waals surface area (Å²) in [6, 6.07) is 14.6. The average Bonchev–Trinajstić information content (AvgIpc) is 2.95. The Labute approximate surface area is 262 Å². The minimum atomic E-state index is -4.88. The third-order valence-electron chi connectivity index (χ3n) is 7.25. The van der Waals surface area contributed by atoms with Gasteiger partial charge in [0.05, 0.1) is 21.2 Å². The van der Waals surface area contributed by atoms with E-state index in [0.717, 1.165) is 23.3 Å². The van der Waals surface area contributed by atoms with E-state index >= 15 is 0 Å². The maximum absolute atomic E-state index is 14.1. The number of aryl methyl sites for hydroxylation is 2. The van der Waals surface area contributed by atoms with Gasteiger partial charge >= 0.3 is 6.18 Å². The molecule has 7 nitrogen and oxygen atoms in total. The molecule has 0 aliphatic rings. The maximum Gasteiger partial charge on any atom is 0.417 e. The molecule has 0 aromatic heterocycles. The largest absolute Gasteiger partial charge is 0.417 e. The van der Waals surface area contributed by atoms with Crippen LogP contribution in [0.15, 0.2) is 71.6 Å². The van der Waals surface area contributed by atoms with Gasteiger partial charge in [0.25, 0.3) is 10.0 Å². The molecule has 12 heteroatoms. The number of hydrogen-bond acceptors (Lipinski definition) is 4. The smallest absolute Gasteiger partial charge is 0.352 e. The third kappa shape index (κ3) is 8.53. The fourth-order valence-corrected chi connectivity index (χ4v) is 6.25. The van der Waals surface area contributed by atoms with E-state index in [1.165, 1.54) is 17.0 Å². The molecule has 0 radical (unpaired) electrons. The van der Waals surface area contributed by atoms with Gasteiger partial charge in [0.2, 0.25) is 11.8 Å². The van der Waals surface area contributed by atoms with Crippen LogP contribution < -0.4 is 9.62 Å². The molecule has 0 spiro atoms. The Hall–Kier alpha value is -3.57. The van der Waals surface area contributed by atoms with Gasteiger partial charge in [-0.2, -0.15) is 13.2 Å². The quantitative estimate of drug-likeness (QED) is 0.231. The van der Waals surface area contributed by atoms with Crippen molar-refractivity contribution in [2.45, 2.75) is 77.2 Å². The Bertz CT molecular complexity index is 1580. The number of anilines is 1. The molecule has 0 unspecified atom stereocenters. The molecule has 2 atom stereocenters. The number of carbonyl (C=O) groups excluding carboxylic acids is 2. The van der Waals surface area contributed by atoms with Gasteiger partial charge in [0.1, 0.15) is 12.6 Å². The number of sulfonamides is 1. The van der Waals surface area contributed by atoms with Crippen LogP contribution in [-0.2, 0) is 32.3 Å². The molecule has 3 aromatic rings. The van der Waals surface area contributed by atoms with E-state index in [9.17, 15) is 31.2 Å². The van der Waals surface area contributed by atoms with E-state index in [1.807, 2.05) is 32.9 Å². The predicted octanol–water partition coefficient (Wildman–Crippen LogP) is 6.89. The summed E-state index contributed by atoms with van der Waals surface area (Å²) in [6.45, 7) is 8.19. The van der Waals surface area contributed by atoms with Crippen LogP contribution in [0, 0.1) is 13.8 Å². The van der Waals surface area contributed by atoms with Gasteiger partial charge < -0.3 is 10.2 Å². The number of rotatable bonds is 12. The fraction of sp³-hybridized carbons (Fsp3) is 0.375. The van der Waals surface area contributed by atoms with Crippen molar-refractivity contribution in [3.8, 4) is 0 Å². The first-order valence-corrected chi connectivity index (χ1v) is 16.0. The van der Waals surface area contributed by atoms with Gasteiger partial charge in [-0.25, -0.2) is 8.42 Å². The molecular formula is C32H37ClF3N3O4S. The zero-order chi connectivity index (χ0) is 32.8. The Morgan fingerprint density at radius 3 is 2.16 bits per heavy atom. The minimum Gasteiger partial charge on any atom is -0.352 e. The predicted molar refractivity (Wildman–Crippen MR) is 166 cm³/mol. The highest BCUT2D eigenvalue weighted by Gasteiger charge is 2.37. The lowest BCUT2D eigenvalue weighted by atomic mass is 10.1. The number of hydrogen-bond donors (Lipinski definition) is 1. The molecule has 0 bridgehead atoms. The van der Waals surface area contributed by atoms with Crippen LogP contribution in [0.2, 0.25) is 5.02 Å². The second-order valence-corrected chi connectivity index (χ2v) is 13.0. The van der Waals surface area contributed by atoms with E-state index in [1.54, 1.807) is 38.1 Å². The summed E-state index contributed by atoms with van der Waals surface area (Å²) in [4.78, 5) is 28.6. The van der Waals surface area contributed by atoms with Gasteiger partial charge in [-0.1, -0.05) is 73.0 Å². The van der Waals surface area contributed by atoms with Gasteiger partial charge in [-0.3, -0.25) is 13.9 Å². The van der Waals surface area contributed by atoms with Gasteiger partial charge in [-0.05, 0) is 69.5 Å². The number of benzene rings is 3. The Balaban J connectivity index is 2.15. The summed E-state index contributed by atoms with van der Waals surface area (Å²) in [7, 11) is -4.55. The first-order chi connectivity index (χ1) is 20.6. The van der Waals surface area contributed by atoms with Crippen molar-refractivity contribution in [2.75, 3.05) is 10.8 Å². The lowest BCUT2D eigenvalue weighted by Crippen LogP contribution is -2.53. The molecule has 238 valence electrons. The SMILES string of the molecule is CC[C@@H](C)NC(=O)[C@H](CC)N(Cc1cccc(C)c1)C(=O)CN(c1ccc(Cl)c(C(F)(F)F)c1)S(=O)(=O)c1ccc(C)cc1. The molecule has 1 N–H and O–H groups in total. The zero-order valence-electron chi connectivity index (χ0n) is 25.3. The summed E-state index contributed by atoms with van der Waals surface area (Å²) >= 11 is 5.83. The van der Waals surface area contributed by atoms with Crippen molar-refractivity contribution in [2.24, 2.45) is 0 Å². The van der Waals surface area contributed by atoms with Crippen LogP contribution in [0.4, 0.5) is 18.9 Å². The van der Waals surface area contributed by atoms with E-state index in [4.69, 9.17) is 11.6 Å². The molecule has 0 aliphatic heterocycles. The van der Waals surface area contributed by atoms with Crippen molar-refractivity contribution >= 4 is 39.1 Å². The highest BCUT2D eigenvalue weighted by atomic mass is 35.5. The maximum atomic E-state index is 14.1. The van der Waals surface area contributed by atoms with Crippen molar-refractivity contribution in [1.82, 2.24) is 10.2 Å². The summed E-state index contributed by atoms with van der Waals surface area (Å²) in [5.74, 6) is -1.18. The molecule has 0 heterocycles. The monoisotopic (exact) mass is 651 g/mol. The van der Waals surface area contributed by atoms with E-state index in [-0.39, 0.29) is 23.9 Å². The molecule has 2 amide bonds. The molecule has 0 saturated heterocycles. The topological polar surface area (TPSA) is 86.8 Å². The second-order valence-electron chi connectivity index (χ2n) is 10.7.